The lowest BCUT2D eigenvalue weighted by Gasteiger charge is -2.43. The molecule has 0 radical (unpaired) electrons. The first-order valence-electron chi connectivity index (χ1n) is 12.6. The first kappa shape index (κ1) is 24.6. The molecule has 0 spiro atoms. The van der Waals surface area contributed by atoms with Crippen molar-refractivity contribution in [3.05, 3.63) is 95.8 Å². The normalized spacial score (nSPS) is 17.1. The lowest BCUT2D eigenvalue weighted by molar-refractivity contribution is -0.119. The summed E-state index contributed by atoms with van der Waals surface area (Å²) in [6.45, 7) is 4.22. The minimum atomic E-state index is -0.377. The molecule has 182 valence electrons. The predicted octanol–water partition coefficient (Wildman–Crippen LogP) is 7.31. The molecular weight excluding hydrogens is 439 g/mol. The van der Waals surface area contributed by atoms with E-state index < -0.39 is 0 Å². The molecule has 0 aromatic heterocycles. The molecule has 4 rings (SSSR count). The third-order valence-corrected chi connectivity index (χ3v) is 6.73. The number of para-hydroxylation sites is 2. The second-order valence-electron chi connectivity index (χ2n) is 9.25. The number of hydrogen-bond donors (Lipinski definition) is 0. The fraction of sp³-hybridized carbons (Fsp3) is 0.333. The lowest BCUT2D eigenvalue weighted by Crippen LogP contribution is -2.47. The zero-order valence-corrected chi connectivity index (χ0v) is 20.5. The molecule has 35 heavy (non-hydrogen) atoms. The van der Waals surface area contributed by atoms with Gasteiger partial charge in [-0.15, -0.1) is 0 Å². The van der Waals surface area contributed by atoms with Gasteiger partial charge in [-0.25, -0.2) is 4.39 Å². The van der Waals surface area contributed by atoms with Gasteiger partial charge in [-0.05, 0) is 67.8 Å². The molecule has 3 aromatic rings. The second-order valence-corrected chi connectivity index (χ2v) is 9.25. The van der Waals surface area contributed by atoms with Gasteiger partial charge in [0.05, 0.1) is 6.04 Å². The molecule has 1 aliphatic heterocycles. The molecule has 0 aliphatic carbocycles. The van der Waals surface area contributed by atoms with Crippen LogP contribution < -0.4 is 9.80 Å². The fourth-order valence-corrected chi connectivity index (χ4v) is 4.99. The van der Waals surface area contributed by atoms with Crippen LogP contribution in [0, 0.1) is 5.82 Å². The van der Waals surface area contributed by atoms with E-state index in [2.05, 4.69) is 13.8 Å². The van der Waals surface area contributed by atoms with Crippen LogP contribution in [0.1, 0.15) is 74.3 Å². The van der Waals surface area contributed by atoms with Crippen molar-refractivity contribution in [1.29, 1.82) is 0 Å². The molecule has 0 N–H and O–H groups in total. The SMILES string of the molecule is CCCCCCC(=O)N1c2ccccc2[C@@H](N(C(=O)c2ccc(F)cc2)c2ccccc2)C[C@H]1C. The summed E-state index contributed by atoms with van der Waals surface area (Å²) in [7, 11) is 0. The van der Waals surface area contributed by atoms with E-state index in [0.29, 0.717) is 18.4 Å². The van der Waals surface area contributed by atoms with Gasteiger partial charge in [-0.3, -0.25) is 9.59 Å². The molecule has 5 heteroatoms. The van der Waals surface area contributed by atoms with E-state index in [1.54, 1.807) is 4.90 Å². The predicted molar refractivity (Wildman–Crippen MR) is 139 cm³/mol. The molecule has 2 amide bonds. The third-order valence-electron chi connectivity index (χ3n) is 6.73. The Balaban J connectivity index is 1.71. The molecule has 1 aliphatic rings. The van der Waals surface area contributed by atoms with Gasteiger partial charge in [-0.2, -0.15) is 0 Å². The van der Waals surface area contributed by atoms with Crippen LogP contribution in [0.5, 0.6) is 0 Å². The van der Waals surface area contributed by atoms with E-state index in [4.69, 9.17) is 0 Å². The second kappa shape index (κ2) is 11.3. The molecule has 1 heterocycles. The summed E-state index contributed by atoms with van der Waals surface area (Å²) in [5, 5.41) is 0. The highest BCUT2D eigenvalue weighted by molar-refractivity contribution is 6.07. The van der Waals surface area contributed by atoms with E-state index in [1.165, 1.54) is 24.3 Å². The highest BCUT2D eigenvalue weighted by atomic mass is 19.1. The molecule has 0 fully saturated rings. The molecule has 0 bridgehead atoms. The number of unbranched alkanes of at least 4 members (excludes halogenated alkanes) is 3. The van der Waals surface area contributed by atoms with Gasteiger partial charge in [0.1, 0.15) is 5.82 Å². The number of carbonyl (C=O) groups is 2. The van der Waals surface area contributed by atoms with Crippen LogP contribution >= 0.6 is 0 Å². The fourth-order valence-electron chi connectivity index (χ4n) is 4.99. The summed E-state index contributed by atoms with van der Waals surface area (Å²) < 4.78 is 13.6. The van der Waals surface area contributed by atoms with E-state index in [9.17, 15) is 14.0 Å². The number of nitrogens with zero attached hydrogens (tertiary/aromatic N) is 2. The van der Waals surface area contributed by atoms with Crippen LogP contribution in [0.2, 0.25) is 0 Å². The maximum atomic E-state index is 13.8. The monoisotopic (exact) mass is 472 g/mol. The average Bonchev–Trinajstić information content (AvgIpc) is 2.87. The summed E-state index contributed by atoms with van der Waals surface area (Å²) >= 11 is 0. The zero-order chi connectivity index (χ0) is 24.8. The summed E-state index contributed by atoms with van der Waals surface area (Å²) in [6, 6.07) is 22.8. The number of halogens is 1. The van der Waals surface area contributed by atoms with Crippen molar-refractivity contribution in [2.45, 2.75) is 64.5 Å². The van der Waals surface area contributed by atoms with Crippen LogP contribution in [-0.2, 0) is 4.79 Å². The van der Waals surface area contributed by atoms with Crippen LogP contribution in [0.15, 0.2) is 78.9 Å². The maximum absolute atomic E-state index is 13.8. The van der Waals surface area contributed by atoms with E-state index in [1.807, 2.05) is 59.5 Å². The Morgan fingerprint density at radius 1 is 0.914 bits per heavy atom. The molecule has 4 nitrogen and oxygen atoms in total. The van der Waals surface area contributed by atoms with Crippen molar-refractivity contribution in [2.24, 2.45) is 0 Å². The van der Waals surface area contributed by atoms with Crippen LogP contribution in [0.4, 0.5) is 15.8 Å². The maximum Gasteiger partial charge on any atom is 0.258 e. The van der Waals surface area contributed by atoms with Crippen molar-refractivity contribution in [3.63, 3.8) is 0 Å². The largest absolute Gasteiger partial charge is 0.309 e. The molecule has 0 saturated carbocycles. The Labute approximate surface area is 207 Å². The first-order chi connectivity index (χ1) is 17.0. The van der Waals surface area contributed by atoms with Gasteiger partial charge in [-0.1, -0.05) is 62.6 Å². The van der Waals surface area contributed by atoms with Crippen molar-refractivity contribution in [1.82, 2.24) is 0 Å². The van der Waals surface area contributed by atoms with Crippen LogP contribution in [-0.4, -0.2) is 17.9 Å². The smallest absolute Gasteiger partial charge is 0.258 e. The molecular formula is C30H33FN2O2. The Morgan fingerprint density at radius 2 is 1.60 bits per heavy atom. The third kappa shape index (κ3) is 5.45. The molecule has 0 unspecified atom stereocenters. The molecule has 3 aromatic carbocycles. The zero-order valence-electron chi connectivity index (χ0n) is 20.5. The molecule has 2 atom stereocenters. The van der Waals surface area contributed by atoms with E-state index in [-0.39, 0.29) is 29.7 Å². The standard InChI is InChI=1S/C30H33FN2O2/c1-3-4-5-9-16-29(34)32-22(2)21-28(26-14-10-11-15-27(26)32)33(25-12-7-6-8-13-25)30(35)23-17-19-24(31)20-18-23/h6-8,10-15,17-20,22,28H,3-5,9,16,21H2,1-2H3/t22-,28+/m1/s1. The highest BCUT2D eigenvalue weighted by Gasteiger charge is 2.38. The summed E-state index contributed by atoms with van der Waals surface area (Å²) in [5.41, 5.74) is 3.01. The number of anilines is 2. The van der Waals surface area contributed by atoms with Gasteiger partial charge >= 0.3 is 0 Å². The lowest BCUT2D eigenvalue weighted by atomic mass is 9.89. The van der Waals surface area contributed by atoms with Crippen LogP contribution in [0.25, 0.3) is 0 Å². The average molecular weight is 473 g/mol. The van der Waals surface area contributed by atoms with Gasteiger partial charge < -0.3 is 9.80 Å². The summed E-state index contributed by atoms with van der Waals surface area (Å²) in [5.74, 6) is -0.435. The van der Waals surface area contributed by atoms with Crippen molar-refractivity contribution >= 4 is 23.2 Å². The van der Waals surface area contributed by atoms with E-state index in [0.717, 1.165) is 42.6 Å². The minimum absolute atomic E-state index is 0.0687. The van der Waals surface area contributed by atoms with Gasteiger partial charge in [0.15, 0.2) is 0 Å². The highest BCUT2D eigenvalue weighted by Crippen LogP contribution is 2.43. The number of benzene rings is 3. The van der Waals surface area contributed by atoms with Crippen molar-refractivity contribution in [3.8, 4) is 0 Å². The quantitative estimate of drug-likeness (QED) is 0.323. The summed E-state index contributed by atoms with van der Waals surface area (Å²) in [6.07, 6.45) is 5.36. The van der Waals surface area contributed by atoms with Gasteiger partial charge in [0, 0.05) is 29.4 Å². The van der Waals surface area contributed by atoms with Crippen LogP contribution in [0.3, 0.4) is 0 Å². The number of rotatable bonds is 8. The molecule has 0 saturated heterocycles. The first-order valence-corrected chi connectivity index (χ1v) is 12.6. The number of hydrogen-bond acceptors (Lipinski definition) is 2. The number of fused-ring (bicyclic) bond motifs is 1. The Hall–Kier alpha value is -3.47. The van der Waals surface area contributed by atoms with Gasteiger partial charge in [0.25, 0.3) is 5.91 Å². The van der Waals surface area contributed by atoms with Gasteiger partial charge in [0.2, 0.25) is 5.91 Å². The Morgan fingerprint density at radius 3 is 2.31 bits per heavy atom. The topological polar surface area (TPSA) is 40.6 Å². The van der Waals surface area contributed by atoms with Crippen molar-refractivity contribution < 1.29 is 14.0 Å². The Kier molecular flexibility index (Phi) is 7.96. The van der Waals surface area contributed by atoms with E-state index >= 15 is 0 Å². The minimum Gasteiger partial charge on any atom is -0.309 e. The number of amides is 2. The summed E-state index contributed by atoms with van der Waals surface area (Å²) in [4.78, 5) is 30.8. The number of carbonyl (C=O) groups excluding carboxylic acids is 2. The Bertz CT molecular complexity index is 1150. The van der Waals surface area contributed by atoms with Crippen molar-refractivity contribution in [2.75, 3.05) is 9.80 Å².